The highest BCUT2D eigenvalue weighted by molar-refractivity contribution is 9.10. The Morgan fingerprint density at radius 1 is 1.16 bits per heavy atom. The second-order valence-electron chi connectivity index (χ2n) is 5.65. The normalized spacial score (nSPS) is 12.0. The summed E-state index contributed by atoms with van der Waals surface area (Å²) in [6.45, 7) is 2.05. The molecule has 0 unspecified atom stereocenters. The fourth-order valence-corrected chi connectivity index (χ4v) is 2.70. The molecule has 1 atom stereocenters. The van der Waals surface area contributed by atoms with Crippen molar-refractivity contribution in [2.45, 2.75) is 19.6 Å². The van der Waals surface area contributed by atoms with Gasteiger partial charge in [0, 0.05) is 24.1 Å². The van der Waals surface area contributed by atoms with E-state index >= 15 is 0 Å². The van der Waals surface area contributed by atoms with Gasteiger partial charge >= 0.3 is 5.97 Å². The van der Waals surface area contributed by atoms with Gasteiger partial charge in [-0.05, 0) is 36.3 Å². The van der Waals surface area contributed by atoms with E-state index in [4.69, 9.17) is 4.74 Å². The van der Waals surface area contributed by atoms with E-state index in [2.05, 4.69) is 15.9 Å². The molecule has 0 aliphatic heterocycles. The molecule has 2 aromatic rings. The molecule has 0 aliphatic rings. The second-order valence-corrected chi connectivity index (χ2v) is 6.56. The van der Waals surface area contributed by atoms with Gasteiger partial charge in [0.25, 0.3) is 5.91 Å². The number of rotatable bonds is 6. The summed E-state index contributed by atoms with van der Waals surface area (Å²) in [4.78, 5) is 25.8. The summed E-state index contributed by atoms with van der Waals surface area (Å²) in [5, 5.41) is 0. The molecule has 1 amide bonds. The smallest absolute Gasteiger partial charge is 0.331 e. The Labute approximate surface area is 156 Å². The van der Waals surface area contributed by atoms with Crippen LogP contribution in [0.25, 0.3) is 6.08 Å². The predicted octanol–water partition coefficient (Wildman–Crippen LogP) is 4.05. The lowest BCUT2D eigenvalue weighted by Gasteiger charge is -2.21. The molecule has 0 fully saturated rings. The van der Waals surface area contributed by atoms with Crippen LogP contribution in [0.15, 0.2) is 65.1 Å². The zero-order chi connectivity index (χ0) is 18.2. The van der Waals surface area contributed by atoms with Crippen molar-refractivity contribution in [3.63, 3.8) is 0 Å². The first kappa shape index (κ1) is 18.9. The Morgan fingerprint density at radius 2 is 1.88 bits per heavy atom. The van der Waals surface area contributed by atoms with Crippen LogP contribution in [0.4, 0.5) is 0 Å². The number of carbonyl (C=O) groups excluding carboxylic acids is 2. The van der Waals surface area contributed by atoms with Crippen LogP contribution in [0.3, 0.4) is 0 Å². The van der Waals surface area contributed by atoms with Crippen LogP contribution >= 0.6 is 15.9 Å². The quantitative estimate of drug-likeness (QED) is 0.541. The third kappa shape index (κ3) is 6.19. The molecule has 0 aliphatic carbocycles. The van der Waals surface area contributed by atoms with Crippen molar-refractivity contribution in [2.75, 3.05) is 7.05 Å². The maximum Gasteiger partial charge on any atom is 0.331 e. The number of esters is 1. The van der Waals surface area contributed by atoms with Crippen LogP contribution in [0.5, 0.6) is 0 Å². The summed E-state index contributed by atoms with van der Waals surface area (Å²) in [5.74, 6) is -0.790. The number of amides is 1. The van der Waals surface area contributed by atoms with Gasteiger partial charge in [0.1, 0.15) is 0 Å². The number of hydrogen-bond acceptors (Lipinski definition) is 3. The molecule has 130 valence electrons. The Balaban J connectivity index is 1.88. The van der Waals surface area contributed by atoms with E-state index in [1.54, 1.807) is 24.9 Å². The standard InChI is InChI=1S/C20H20BrNO3/c1-15(20(24)22(2)14-17-7-4-3-5-8-17)25-19(23)12-11-16-9-6-10-18(21)13-16/h3-13,15H,14H2,1-2H3/b12-11+/t15-/m0/s1. The molecule has 2 aromatic carbocycles. The number of carbonyl (C=O) groups is 2. The van der Waals surface area contributed by atoms with Gasteiger partial charge in [-0.25, -0.2) is 4.79 Å². The highest BCUT2D eigenvalue weighted by Crippen LogP contribution is 2.13. The van der Waals surface area contributed by atoms with Gasteiger partial charge in [-0.2, -0.15) is 0 Å². The first-order valence-electron chi connectivity index (χ1n) is 7.89. The topological polar surface area (TPSA) is 46.6 Å². The summed E-state index contributed by atoms with van der Waals surface area (Å²) >= 11 is 3.37. The molecule has 0 aromatic heterocycles. The fourth-order valence-electron chi connectivity index (χ4n) is 2.28. The van der Waals surface area contributed by atoms with Crippen molar-refractivity contribution in [2.24, 2.45) is 0 Å². The minimum atomic E-state index is -0.839. The molecule has 0 bridgehead atoms. The SMILES string of the molecule is C[C@H](OC(=O)/C=C/c1cccc(Br)c1)C(=O)N(C)Cc1ccccc1. The average Bonchev–Trinajstić information content (AvgIpc) is 2.60. The third-order valence-corrected chi connectivity index (χ3v) is 4.03. The molecule has 0 N–H and O–H groups in total. The van der Waals surface area contributed by atoms with Crippen molar-refractivity contribution in [1.29, 1.82) is 0 Å². The van der Waals surface area contributed by atoms with Gasteiger partial charge in [0.05, 0.1) is 0 Å². The number of hydrogen-bond donors (Lipinski definition) is 0. The first-order valence-corrected chi connectivity index (χ1v) is 8.68. The highest BCUT2D eigenvalue weighted by atomic mass is 79.9. The van der Waals surface area contributed by atoms with E-state index in [0.29, 0.717) is 6.54 Å². The van der Waals surface area contributed by atoms with E-state index < -0.39 is 12.1 Å². The molecule has 0 saturated heterocycles. The number of likely N-dealkylation sites (N-methyl/N-ethyl adjacent to an activating group) is 1. The Hall–Kier alpha value is -2.40. The molecule has 2 rings (SSSR count). The van der Waals surface area contributed by atoms with Gasteiger partial charge < -0.3 is 9.64 Å². The summed E-state index contributed by atoms with van der Waals surface area (Å²) in [6, 6.07) is 17.2. The lowest BCUT2D eigenvalue weighted by molar-refractivity contribution is -0.154. The molecular weight excluding hydrogens is 382 g/mol. The summed E-state index contributed by atoms with van der Waals surface area (Å²) in [7, 11) is 1.69. The zero-order valence-electron chi connectivity index (χ0n) is 14.2. The van der Waals surface area contributed by atoms with Gasteiger partial charge in [-0.1, -0.05) is 58.4 Å². The Morgan fingerprint density at radius 3 is 2.56 bits per heavy atom. The molecular formula is C20H20BrNO3. The van der Waals surface area contributed by atoms with Gasteiger partial charge in [0.15, 0.2) is 6.10 Å². The molecule has 0 heterocycles. The van der Waals surface area contributed by atoms with Crippen molar-refractivity contribution >= 4 is 33.9 Å². The van der Waals surface area contributed by atoms with Crippen LogP contribution in [-0.4, -0.2) is 29.9 Å². The molecule has 0 saturated carbocycles. The van der Waals surface area contributed by atoms with Crippen molar-refractivity contribution in [1.82, 2.24) is 4.90 Å². The minimum Gasteiger partial charge on any atom is -0.449 e. The predicted molar refractivity (Wildman–Crippen MR) is 102 cm³/mol. The highest BCUT2D eigenvalue weighted by Gasteiger charge is 2.20. The maximum atomic E-state index is 12.3. The van der Waals surface area contributed by atoms with Gasteiger partial charge in [-0.15, -0.1) is 0 Å². The number of halogens is 1. The van der Waals surface area contributed by atoms with Gasteiger partial charge in [0.2, 0.25) is 0 Å². The van der Waals surface area contributed by atoms with Crippen LogP contribution < -0.4 is 0 Å². The van der Waals surface area contributed by atoms with E-state index in [-0.39, 0.29) is 5.91 Å². The largest absolute Gasteiger partial charge is 0.449 e. The first-order chi connectivity index (χ1) is 12.0. The van der Waals surface area contributed by atoms with E-state index in [9.17, 15) is 9.59 Å². The number of benzene rings is 2. The second kappa shape index (κ2) is 9.18. The van der Waals surface area contributed by atoms with E-state index in [0.717, 1.165) is 15.6 Å². The maximum absolute atomic E-state index is 12.3. The molecule has 5 heteroatoms. The summed E-state index contributed by atoms with van der Waals surface area (Å²) in [6.07, 6.45) is 2.13. The van der Waals surface area contributed by atoms with Crippen LogP contribution in [0.1, 0.15) is 18.1 Å². The van der Waals surface area contributed by atoms with E-state index in [1.807, 2.05) is 54.6 Å². The lowest BCUT2D eigenvalue weighted by Crippen LogP contribution is -2.36. The average molecular weight is 402 g/mol. The summed E-state index contributed by atoms with van der Waals surface area (Å²) < 4.78 is 6.12. The molecule has 0 radical (unpaired) electrons. The Bertz CT molecular complexity index is 759. The monoisotopic (exact) mass is 401 g/mol. The number of nitrogens with zero attached hydrogens (tertiary/aromatic N) is 1. The third-order valence-electron chi connectivity index (χ3n) is 3.54. The van der Waals surface area contributed by atoms with Crippen LogP contribution in [-0.2, 0) is 20.9 Å². The van der Waals surface area contributed by atoms with Crippen LogP contribution in [0.2, 0.25) is 0 Å². The van der Waals surface area contributed by atoms with Crippen LogP contribution in [0, 0.1) is 0 Å². The lowest BCUT2D eigenvalue weighted by atomic mass is 10.2. The van der Waals surface area contributed by atoms with Gasteiger partial charge in [-0.3, -0.25) is 4.79 Å². The zero-order valence-corrected chi connectivity index (χ0v) is 15.8. The number of ether oxygens (including phenoxy) is 1. The van der Waals surface area contributed by atoms with Crippen molar-refractivity contribution in [3.8, 4) is 0 Å². The van der Waals surface area contributed by atoms with Crippen molar-refractivity contribution in [3.05, 3.63) is 76.3 Å². The molecule has 0 spiro atoms. The minimum absolute atomic E-state index is 0.243. The molecule has 4 nitrogen and oxygen atoms in total. The summed E-state index contributed by atoms with van der Waals surface area (Å²) in [5.41, 5.74) is 1.89. The van der Waals surface area contributed by atoms with Crippen molar-refractivity contribution < 1.29 is 14.3 Å². The Kier molecular flexibility index (Phi) is 6.95. The fraction of sp³-hybridized carbons (Fsp3) is 0.200. The van der Waals surface area contributed by atoms with E-state index in [1.165, 1.54) is 6.08 Å². The molecule has 25 heavy (non-hydrogen) atoms.